The molecule has 2 aromatic rings. The maximum Gasteiger partial charge on any atom is 0.238 e. The van der Waals surface area contributed by atoms with E-state index in [1.165, 1.54) is 0 Å². The molecule has 0 unspecified atom stereocenters. The molecule has 0 radical (unpaired) electrons. The van der Waals surface area contributed by atoms with Gasteiger partial charge in [0.1, 0.15) is 5.75 Å². The van der Waals surface area contributed by atoms with Gasteiger partial charge in [-0.05, 0) is 53.5 Å². The van der Waals surface area contributed by atoms with E-state index >= 15 is 0 Å². The van der Waals surface area contributed by atoms with E-state index in [1.807, 2.05) is 56.3 Å². The Morgan fingerprint density at radius 1 is 1.26 bits per heavy atom. The zero-order valence-corrected chi connectivity index (χ0v) is 15.1. The number of ether oxygens (including phenoxy) is 1. The first kappa shape index (κ1) is 17.5. The molecule has 0 heterocycles. The molecule has 4 nitrogen and oxygen atoms in total. The molecular formula is C18H21BrN2O2. The number of carbonyl (C=O) groups excluding carboxylic acids is 1. The molecule has 0 saturated carbocycles. The van der Waals surface area contributed by atoms with Gasteiger partial charge in [-0.25, -0.2) is 0 Å². The number of aryl methyl sites for hydroxylation is 1. The lowest BCUT2D eigenvalue weighted by molar-refractivity contribution is -0.115. The molecule has 23 heavy (non-hydrogen) atoms. The molecule has 2 N–H and O–H groups in total. The topological polar surface area (TPSA) is 50.4 Å². The zero-order valence-electron chi connectivity index (χ0n) is 13.5. The normalized spacial score (nSPS) is 11.8. The lowest BCUT2D eigenvalue weighted by Crippen LogP contribution is -2.30. The average molecular weight is 377 g/mol. The molecule has 1 atom stereocenters. The van der Waals surface area contributed by atoms with Crippen LogP contribution < -0.4 is 15.4 Å². The second kappa shape index (κ2) is 8.13. The quantitative estimate of drug-likeness (QED) is 0.799. The first-order chi connectivity index (χ1) is 11.0. The number of methoxy groups -OCH3 is 1. The van der Waals surface area contributed by atoms with Crippen molar-refractivity contribution < 1.29 is 9.53 Å². The number of carbonyl (C=O) groups is 1. The van der Waals surface area contributed by atoms with Crippen LogP contribution in [-0.2, 0) is 4.79 Å². The molecule has 0 aliphatic rings. The Morgan fingerprint density at radius 2 is 2.00 bits per heavy atom. The zero-order chi connectivity index (χ0) is 16.8. The molecule has 2 aromatic carbocycles. The second-order valence-corrected chi connectivity index (χ2v) is 6.23. The van der Waals surface area contributed by atoms with E-state index in [0.29, 0.717) is 0 Å². The summed E-state index contributed by atoms with van der Waals surface area (Å²) in [5.41, 5.74) is 2.93. The van der Waals surface area contributed by atoms with E-state index < -0.39 is 0 Å². The minimum atomic E-state index is -0.0868. The van der Waals surface area contributed by atoms with Gasteiger partial charge in [0.25, 0.3) is 0 Å². The number of halogens is 1. The Balaban J connectivity index is 1.93. The monoisotopic (exact) mass is 376 g/mol. The van der Waals surface area contributed by atoms with Gasteiger partial charge < -0.3 is 15.4 Å². The van der Waals surface area contributed by atoms with Crippen LogP contribution >= 0.6 is 15.9 Å². The first-order valence-corrected chi connectivity index (χ1v) is 8.23. The molecule has 0 saturated heterocycles. The van der Waals surface area contributed by atoms with Crippen molar-refractivity contribution in [3.63, 3.8) is 0 Å². The number of para-hydroxylation sites is 1. The predicted octanol–water partition coefficient (Wildman–Crippen LogP) is 4.06. The van der Waals surface area contributed by atoms with Crippen LogP contribution in [0.25, 0.3) is 0 Å². The number of rotatable bonds is 6. The summed E-state index contributed by atoms with van der Waals surface area (Å²) < 4.78 is 6.23. The molecule has 0 aromatic heterocycles. The van der Waals surface area contributed by atoms with Crippen molar-refractivity contribution in [1.29, 1.82) is 0 Å². The molecule has 5 heteroatoms. The number of amides is 1. The van der Waals surface area contributed by atoms with Crippen molar-refractivity contribution in [1.82, 2.24) is 5.32 Å². The van der Waals surface area contributed by atoms with E-state index in [0.717, 1.165) is 27.0 Å². The molecule has 122 valence electrons. The molecule has 0 aliphatic carbocycles. The fraction of sp³-hybridized carbons (Fsp3) is 0.278. The van der Waals surface area contributed by atoms with Gasteiger partial charge in [0.15, 0.2) is 0 Å². The van der Waals surface area contributed by atoms with Gasteiger partial charge >= 0.3 is 0 Å². The third-order valence-electron chi connectivity index (χ3n) is 3.57. The maximum atomic E-state index is 12.1. The fourth-order valence-corrected chi connectivity index (χ4v) is 2.89. The lowest BCUT2D eigenvalue weighted by atomic mass is 10.1. The van der Waals surface area contributed by atoms with Gasteiger partial charge in [0.05, 0.1) is 19.3 Å². The molecular weight excluding hydrogens is 356 g/mol. The van der Waals surface area contributed by atoms with E-state index in [9.17, 15) is 4.79 Å². The SMILES string of the molecule is COc1ccccc1[C@H](C)NCC(=O)Nc1ccc(C)cc1Br. The molecule has 0 aliphatic heterocycles. The highest BCUT2D eigenvalue weighted by atomic mass is 79.9. The predicted molar refractivity (Wildman–Crippen MR) is 96.9 cm³/mol. The fourth-order valence-electron chi connectivity index (χ4n) is 2.30. The van der Waals surface area contributed by atoms with Gasteiger partial charge in [-0.2, -0.15) is 0 Å². The van der Waals surface area contributed by atoms with Crippen LogP contribution in [0.3, 0.4) is 0 Å². The third-order valence-corrected chi connectivity index (χ3v) is 4.23. The summed E-state index contributed by atoms with van der Waals surface area (Å²) in [6.07, 6.45) is 0. The number of hydrogen-bond donors (Lipinski definition) is 2. The van der Waals surface area contributed by atoms with Crippen molar-refractivity contribution in [3.8, 4) is 5.75 Å². The van der Waals surface area contributed by atoms with Crippen molar-refractivity contribution >= 4 is 27.5 Å². The minimum absolute atomic E-state index is 0.0124. The summed E-state index contributed by atoms with van der Waals surface area (Å²) in [6.45, 7) is 4.24. The van der Waals surface area contributed by atoms with Crippen molar-refractivity contribution in [3.05, 3.63) is 58.1 Å². The summed E-state index contributed by atoms with van der Waals surface area (Å²) >= 11 is 3.46. The van der Waals surface area contributed by atoms with E-state index in [4.69, 9.17) is 4.74 Å². The van der Waals surface area contributed by atoms with E-state index in [1.54, 1.807) is 7.11 Å². The Hall–Kier alpha value is -1.85. The smallest absolute Gasteiger partial charge is 0.238 e. The number of anilines is 1. The third kappa shape index (κ3) is 4.81. The molecule has 0 fully saturated rings. The van der Waals surface area contributed by atoms with E-state index in [2.05, 4.69) is 26.6 Å². The van der Waals surface area contributed by atoms with Crippen molar-refractivity contribution in [2.24, 2.45) is 0 Å². The van der Waals surface area contributed by atoms with Gasteiger partial charge in [0, 0.05) is 16.1 Å². The number of hydrogen-bond acceptors (Lipinski definition) is 3. The largest absolute Gasteiger partial charge is 0.496 e. The highest BCUT2D eigenvalue weighted by Gasteiger charge is 2.12. The van der Waals surface area contributed by atoms with Gasteiger partial charge in [-0.1, -0.05) is 24.3 Å². The summed E-state index contributed by atoms with van der Waals surface area (Å²) in [6, 6.07) is 13.6. The Labute approximate surface area is 145 Å². The van der Waals surface area contributed by atoms with Gasteiger partial charge in [0.2, 0.25) is 5.91 Å². The first-order valence-electron chi connectivity index (χ1n) is 7.43. The molecule has 1 amide bonds. The lowest BCUT2D eigenvalue weighted by Gasteiger charge is -2.17. The van der Waals surface area contributed by atoms with Crippen LogP contribution in [0, 0.1) is 6.92 Å². The van der Waals surface area contributed by atoms with Crippen molar-refractivity contribution in [2.45, 2.75) is 19.9 Å². The summed E-state index contributed by atoms with van der Waals surface area (Å²) in [4.78, 5) is 12.1. The number of benzene rings is 2. The second-order valence-electron chi connectivity index (χ2n) is 5.38. The maximum absolute atomic E-state index is 12.1. The highest BCUT2D eigenvalue weighted by molar-refractivity contribution is 9.10. The summed E-state index contributed by atoms with van der Waals surface area (Å²) in [5.74, 6) is 0.727. The Kier molecular flexibility index (Phi) is 6.19. The summed E-state index contributed by atoms with van der Waals surface area (Å²) in [7, 11) is 1.65. The Morgan fingerprint density at radius 3 is 2.70 bits per heavy atom. The Bertz CT molecular complexity index is 688. The van der Waals surface area contributed by atoms with Crippen LogP contribution in [0.15, 0.2) is 46.9 Å². The molecule has 2 rings (SSSR count). The molecule has 0 spiro atoms. The minimum Gasteiger partial charge on any atom is -0.496 e. The van der Waals surface area contributed by atoms with Crippen LogP contribution in [0.1, 0.15) is 24.1 Å². The van der Waals surface area contributed by atoms with Crippen LogP contribution in [0.2, 0.25) is 0 Å². The summed E-state index contributed by atoms with van der Waals surface area (Å²) in [5, 5.41) is 6.11. The standard InChI is InChI=1S/C18H21BrN2O2/c1-12-8-9-16(15(19)10-12)21-18(22)11-20-13(2)14-6-4-5-7-17(14)23-3/h4-10,13,20H,11H2,1-3H3,(H,21,22)/t13-/m0/s1. The molecule has 0 bridgehead atoms. The van der Waals surface area contributed by atoms with Crippen molar-refractivity contribution in [2.75, 3.05) is 19.0 Å². The average Bonchev–Trinajstić information content (AvgIpc) is 2.55. The van der Waals surface area contributed by atoms with Crippen LogP contribution in [0.5, 0.6) is 5.75 Å². The van der Waals surface area contributed by atoms with Crippen LogP contribution in [-0.4, -0.2) is 19.6 Å². The van der Waals surface area contributed by atoms with Gasteiger partial charge in [-0.15, -0.1) is 0 Å². The van der Waals surface area contributed by atoms with E-state index in [-0.39, 0.29) is 18.5 Å². The highest BCUT2D eigenvalue weighted by Crippen LogP contribution is 2.25. The number of nitrogens with one attached hydrogen (secondary N) is 2. The van der Waals surface area contributed by atoms with Crippen LogP contribution in [0.4, 0.5) is 5.69 Å². The van der Waals surface area contributed by atoms with Gasteiger partial charge in [-0.3, -0.25) is 4.79 Å².